The van der Waals surface area contributed by atoms with Gasteiger partial charge in [0.15, 0.2) is 5.16 Å². The van der Waals surface area contributed by atoms with E-state index in [2.05, 4.69) is 30.8 Å². The van der Waals surface area contributed by atoms with Gasteiger partial charge in [-0.05, 0) is 19.2 Å². The van der Waals surface area contributed by atoms with Gasteiger partial charge in [0.1, 0.15) is 17.7 Å². The molecule has 124 valence electrons. The molecule has 1 saturated heterocycles. The van der Waals surface area contributed by atoms with Crippen LogP contribution in [0, 0.1) is 18.3 Å². The molecule has 6 nitrogen and oxygen atoms in total. The molecular formula is C16H17ClN6S. The van der Waals surface area contributed by atoms with Crippen molar-refractivity contribution in [3.05, 3.63) is 34.6 Å². The Kier molecular flexibility index (Phi) is 5.07. The van der Waals surface area contributed by atoms with Crippen molar-refractivity contribution in [3.63, 3.8) is 0 Å². The number of nitriles is 1. The SMILES string of the molecule is CSc1nc(C)cc(N2CCN(c3ncc(C#N)cc3Cl)CC2)n1. The molecule has 0 spiro atoms. The summed E-state index contributed by atoms with van der Waals surface area (Å²) in [5, 5.41) is 10.2. The van der Waals surface area contributed by atoms with Crippen molar-refractivity contribution in [2.75, 3.05) is 42.2 Å². The number of aromatic nitrogens is 3. The molecule has 0 bridgehead atoms. The summed E-state index contributed by atoms with van der Waals surface area (Å²) in [6.45, 7) is 5.26. The van der Waals surface area contributed by atoms with Gasteiger partial charge >= 0.3 is 0 Å². The quantitative estimate of drug-likeness (QED) is 0.615. The van der Waals surface area contributed by atoms with Gasteiger partial charge in [-0.1, -0.05) is 23.4 Å². The van der Waals surface area contributed by atoms with Crippen LogP contribution in [0.15, 0.2) is 23.5 Å². The van der Waals surface area contributed by atoms with Crippen molar-refractivity contribution >= 4 is 35.0 Å². The van der Waals surface area contributed by atoms with Crippen LogP contribution in [0.4, 0.5) is 11.6 Å². The zero-order chi connectivity index (χ0) is 17.1. The maximum atomic E-state index is 8.91. The first-order valence-corrected chi connectivity index (χ1v) is 9.16. The third-order valence-corrected chi connectivity index (χ3v) is 4.68. The van der Waals surface area contributed by atoms with Crippen LogP contribution in [-0.4, -0.2) is 47.4 Å². The van der Waals surface area contributed by atoms with Crippen LogP contribution >= 0.6 is 23.4 Å². The molecule has 1 aliphatic heterocycles. The van der Waals surface area contributed by atoms with E-state index in [0.29, 0.717) is 10.6 Å². The minimum Gasteiger partial charge on any atom is -0.353 e. The molecule has 0 atom stereocenters. The standard InChI is InChI=1S/C16H17ClN6S/c1-11-7-14(21-16(20-11)24-2)22-3-5-23(6-4-22)15-13(17)8-12(9-18)10-19-15/h7-8,10H,3-6H2,1-2H3. The fourth-order valence-corrected chi connectivity index (χ4v) is 3.36. The summed E-state index contributed by atoms with van der Waals surface area (Å²) >= 11 is 7.81. The number of nitrogens with zero attached hydrogens (tertiary/aromatic N) is 6. The lowest BCUT2D eigenvalue weighted by atomic mass is 10.2. The molecule has 0 N–H and O–H groups in total. The van der Waals surface area contributed by atoms with E-state index in [1.807, 2.05) is 19.2 Å². The smallest absolute Gasteiger partial charge is 0.189 e. The maximum Gasteiger partial charge on any atom is 0.189 e. The second-order valence-electron chi connectivity index (χ2n) is 5.47. The fraction of sp³-hybridized carbons (Fsp3) is 0.375. The molecule has 0 radical (unpaired) electrons. The van der Waals surface area contributed by atoms with Gasteiger partial charge in [-0.25, -0.2) is 15.0 Å². The summed E-state index contributed by atoms with van der Waals surface area (Å²) < 4.78 is 0. The number of rotatable bonds is 3. The van der Waals surface area contributed by atoms with Crippen LogP contribution in [0.25, 0.3) is 0 Å². The number of pyridine rings is 1. The van der Waals surface area contributed by atoms with E-state index in [1.165, 1.54) is 0 Å². The molecule has 3 heterocycles. The topological polar surface area (TPSA) is 68.9 Å². The Bertz CT molecular complexity index is 783. The molecule has 0 aliphatic carbocycles. The van der Waals surface area contributed by atoms with Gasteiger partial charge < -0.3 is 9.80 Å². The summed E-state index contributed by atoms with van der Waals surface area (Å²) in [7, 11) is 0. The van der Waals surface area contributed by atoms with Crippen LogP contribution in [0.3, 0.4) is 0 Å². The van der Waals surface area contributed by atoms with Crippen LogP contribution in [0.5, 0.6) is 0 Å². The van der Waals surface area contributed by atoms with E-state index in [0.717, 1.165) is 48.7 Å². The first kappa shape index (κ1) is 16.8. The Morgan fingerprint density at radius 3 is 2.50 bits per heavy atom. The van der Waals surface area contributed by atoms with E-state index in [-0.39, 0.29) is 0 Å². The maximum absolute atomic E-state index is 8.91. The van der Waals surface area contributed by atoms with Gasteiger partial charge in [0.05, 0.1) is 10.6 Å². The molecule has 24 heavy (non-hydrogen) atoms. The third kappa shape index (κ3) is 3.55. The summed E-state index contributed by atoms with van der Waals surface area (Å²) in [6.07, 6.45) is 3.54. The number of halogens is 1. The first-order chi connectivity index (χ1) is 11.6. The number of anilines is 2. The van der Waals surface area contributed by atoms with Crippen molar-refractivity contribution in [1.29, 1.82) is 5.26 Å². The van der Waals surface area contributed by atoms with Crippen molar-refractivity contribution in [1.82, 2.24) is 15.0 Å². The lowest BCUT2D eigenvalue weighted by Crippen LogP contribution is -2.47. The van der Waals surface area contributed by atoms with Crippen molar-refractivity contribution < 1.29 is 0 Å². The molecule has 0 amide bonds. The normalized spacial score (nSPS) is 14.6. The number of aryl methyl sites for hydroxylation is 1. The van der Waals surface area contributed by atoms with Crippen LogP contribution in [0.1, 0.15) is 11.3 Å². The third-order valence-electron chi connectivity index (χ3n) is 3.86. The van der Waals surface area contributed by atoms with E-state index in [1.54, 1.807) is 24.0 Å². The number of hydrogen-bond donors (Lipinski definition) is 0. The average molecular weight is 361 g/mol. The Labute approximate surface area is 150 Å². The monoisotopic (exact) mass is 360 g/mol. The van der Waals surface area contributed by atoms with Gasteiger partial charge in [0, 0.05) is 44.1 Å². The summed E-state index contributed by atoms with van der Waals surface area (Å²) in [5.41, 5.74) is 1.45. The summed E-state index contributed by atoms with van der Waals surface area (Å²) in [4.78, 5) is 17.7. The second kappa shape index (κ2) is 7.24. The molecular weight excluding hydrogens is 344 g/mol. The second-order valence-corrected chi connectivity index (χ2v) is 6.65. The van der Waals surface area contributed by atoms with Gasteiger partial charge in [0.25, 0.3) is 0 Å². The van der Waals surface area contributed by atoms with Crippen molar-refractivity contribution in [2.45, 2.75) is 12.1 Å². The van der Waals surface area contributed by atoms with E-state index in [9.17, 15) is 0 Å². The lowest BCUT2D eigenvalue weighted by Gasteiger charge is -2.36. The van der Waals surface area contributed by atoms with Gasteiger partial charge in [-0.2, -0.15) is 5.26 Å². The lowest BCUT2D eigenvalue weighted by molar-refractivity contribution is 0.637. The minimum atomic E-state index is 0.475. The Morgan fingerprint density at radius 2 is 1.88 bits per heavy atom. The van der Waals surface area contributed by atoms with E-state index >= 15 is 0 Å². The van der Waals surface area contributed by atoms with E-state index in [4.69, 9.17) is 16.9 Å². The number of piperazine rings is 1. The molecule has 0 saturated carbocycles. The van der Waals surface area contributed by atoms with E-state index < -0.39 is 0 Å². The van der Waals surface area contributed by atoms with Gasteiger partial charge in [-0.3, -0.25) is 0 Å². The highest BCUT2D eigenvalue weighted by Crippen LogP contribution is 2.26. The molecule has 1 fully saturated rings. The number of hydrogen-bond acceptors (Lipinski definition) is 7. The molecule has 3 rings (SSSR count). The van der Waals surface area contributed by atoms with Crippen LogP contribution in [0.2, 0.25) is 5.02 Å². The fourth-order valence-electron chi connectivity index (χ4n) is 2.65. The van der Waals surface area contributed by atoms with Gasteiger partial charge in [0.2, 0.25) is 0 Å². The summed E-state index contributed by atoms with van der Waals surface area (Å²) in [5.74, 6) is 1.70. The van der Waals surface area contributed by atoms with Crippen molar-refractivity contribution in [3.8, 4) is 6.07 Å². The van der Waals surface area contributed by atoms with Crippen LogP contribution < -0.4 is 9.80 Å². The van der Waals surface area contributed by atoms with Crippen molar-refractivity contribution in [2.24, 2.45) is 0 Å². The molecule has 0 unspecified atom stereocenters. The Morgan fingerprint density at radius 1 is 1.17 bits per heavy atom. The Balaban J connectivity index is 1.72. The minimum absolute atomic E-state index is 0.475. The first-order valence-electron chi connectivity index (χ1n) is 7.56. The Hall–Kier alpha value is -2.04. The van der Waals surface area contributed by atoms with Gasteiger partial charge in [-0.15, -0.1) is 0 Å². The predicted octanol–water partition coefficient (Wildman–Crippen LogP) is 2.75. The van der Waals surface area contributed by atoms with Crippen LogP contribution in [-0.2, 0) is 0 Å². The highest BCUT2D eigenvalue weighted by molar-refractivity contribution is 7.98. The molecule has 8 heteroatoms. The highest BCUT2D eigenvalue weighted by Gasteiger charge is 2.21. The zero-order valence-corrected chi connectivity index (χ0v) is 15.1. The summed E-state index contributed by atoms with van der Waals surface area (Å²) in [6, 6.07) is 5.73. The molecule has 2 aromatic heterocycles. The molecule has 2 aromatic rings. The molecule has 1 aliphatic rings. The molecule has 0 aromatic carbocycles. The predicted molar refractivity (Wildman–Crippen MR) is 96.9 cm³/mol. The largest absolute Gasteiger partial charge is 0.353 e. The zero-order valence-electron chi connectivity index (χ0n) is 13.5. The highest BCUT2D eigenvalue weighted by atomic mass is 35.5. The number of thioether (sulfide) groups is 1. The average Bonchev–Trinajstić information content (AvgIpc) is 2.61.